The van der Waals surface area contributed by atoms with Crippen molar-refractivity contribution in [1.82, 2.24) is 0 Å². The van der Waals surface area contributed by atoms with E-state index in [4.69, 9.17) is 4.55 Å². The molecule has 0 fully saturated rings. The number of hydrogen-bond donors (Lipinski definition) is 1. The Morgan fingerprint density at radius 1 is 1.46 bits per heavy atom. The fourth-order valence-electron chi connectivity index (χ4n) is 1.09. The van der Waals surface area contributed by atoms with E-state index < -0.39 is 11.1 Å². The molecule has 0 bridgehead atoms. The van der Waals surface area contributed by atoms with Crippen molar-refractivity contribution in [3.05, 3.63) is 29.3 Å². The summed E-state index contributed by atoms with van der Waals surface area (Å²) in [6, 6.07) is 4.66. The Bertz CT molecular complexity index is 371. The molecule has 0 saturated heterocycles. The van der Waals surface area contributed by atoms with Crippen LogP contribution in [0.1, 0.15) is 22.8 Å². The van der Waals surface area contributed by atoms with Gasteiger partial charge in [-0.15, -0.1) is 0 Å². The molecule has 3 nitrogen and oxygen atoms in total. The fourth-order valence-corrected chi connectivity index (χ4v) is 1.49. The molecule has 0 aliphatic rings. The average molecular weight is 198 g/mol. The highest BCUT2D eigenvalue weighted by molar-refractivity contribution is 7.79. The lowest BCUT2D eigenvalue weighted by atomic mass is 10.1. The van der Waals surface area contributed by atoms with Gasteiger partial charge in [-0.1, -0.05) is 6.07 Å². The Kier molecular flexibility index (Phi) is 2.95. The quantitative estimate of drug-likeness (QED) is 0.582. The van der Waals surface area contributed by atoms with Crippen LogP contribution in [0.25, 0.3) is 0 Å². The predicted molar refractivity (Wildman–Crippen MR) is 50.2 cm³/mol. The first-order valence-corrected chi connectivity index (χ1v) is 4.85. The van der Waals surface area contributed by atoms with Crippen LogP contribution < -0.4 is 0 Å². The van der Waals surface area contributed by atoms with Crippen LogP contribution in [0.4, 0.5) is 0 Å². The number of benzene rings is 1. The van der Waals surface area contributed by atoms with Crippen molar-refractivity contribution in [3.63, 3.8) is 0 Å². The molecule has 1 aromatic rings. The van der Waals surface area contributed by atoms with Gasteiger partial charge in [-0.2, -0.15) is 0 Å². The second kappa shape index (κ2) is 3.81. The second-order valence-corrected chi connectivity index (χ2v) is 3.75. The predicted octanol–water partition coefficient (Wildman–Crippen LogP) is 1.78. The molecule has 1 rings (SSSR count). The van der Waals surface area contributed by atoms with Gasteiger partial charge < -0.3 is 4.55 Å². The van der Waals surface area contributed by atoms with Gasteiger partial charge in [0, 0.05) is 5.56 Å². The van der Waals surface area contributed by atoms with E-state index in [-0.39, 0.29) is 10.7 Å². The summed E-state index contributed by atoms with van der Waals surface area (Å²) in [4.78, 5) is 11.3. The standard InChI is InChI=1S/C9H10O3S/c1-6-3-4-8(13(11)12)5-9(6)7(2)10/h3-5H,1-2H3,(H,11,12). The Morgan fingerprint density at radius 3 is 2.54 bits per heavy atom. The molecule has 13 heavy (non-hydrogen) atoms. The molecular weight excluding hydrogens is 188 g/mol. The van der Waals surface area contributed by atoms with Gasteiger partial charge in [0.1, 0.15) is 0 Å². The van der Waals surface area contributed by atoms with Gasteiger partial charge in [-0.3, -0.25) is 4.79 Å². The van der Waals surface area contributed by atoms with E-state index in [1.165, 1.54) is 19.1 Å². The molecule has 1 atom stereocenters. The number of carbonyl (C=O) groups excluding carboxylic acids is 1. The molecule has 4 heteroatoms. The van der Waals surface area contributed by atoms with Crippen molar-refractivity contribution in [3.8, 4) is 0 Å². The van der Waals surface area contributed by atoms with Gasteiger partial charge in [0.05, 0.1) is 4.90 Å². The van der Waals surface area contributed by atoms with E-state index in [1.807, 2.05) is 0 Å². The van der Waals surface area contributed by atoms with Crippen LogP contribution in [0.3, 0.4) is 0 Å². The lowest BCUT2D eigenvalue weighted by molar-refractivity contribution is 0.101. The summed E-state index contributed by atoms with van der Waals surface area (Å²) in [5.74, 6) is -0.0928. The van der Waals surface area contributed by atoms with E-state index in [2.05, 4.69) is 0 Å². The van der Waals surface area contributed by atoms with Crippen LogP contribution in [-0.2, 0) is 11.1 Å². The van der Waals surface area contributed by atoms with Gasteiger partial charge in [0.2, 0.25) is 0 Å². The normalized spacial score (nSPS) is 12.5. The third-order valence-electron chi connectivity index (χ3n) is 1.79. The molecule has 1 unspecified atom stereocenters. The van der Waals surface area contributed by atoms with Crippen molar-refractivity contribution < 1.29 is 13.6 Å². The summed E-state index contributed by atoms with van der Waals surface area (Å²) >= 11 is -2.02. The second-order valence-electron chi connectivity index (χ2n) is 2.78. The minimum absolute atomic E-state index is 0.0928. The smallest absolute Gasteiger partial charge is 0.186 e. The van der Waals surface area contributed by atoms with Crippen LogP contribution in [0.2, 0.25) is 0 Å². The largest absolute Gasteiger partial charge is 0.302 e. The monoisotopic (exact) mass is 198 g/mol. The fraction of sp³-hybridized carbons (Fsp3) is 0.222. The third kappa shape index (κ3) is 2.23. The summed E-state index contributed by atoms with van der Waals surface area (Å²) < 4.78 is 19.5. The summed E-state index contributed by atoms with van der Waals surface area (Å²) in [6.45, 7) is 3.23. The maximum absolute atomic E-state index is 11.1. The van der Waals surface area contributed by atoms with Crippen molar-refractivity contribution >= 4 is 16.9 Å². The van der Waals surface area contributed by atoms with E-state index in [0.29, 0.717) is 5.56 Å². The third-order valence-corrected chi connectivity index (χ3v) is 2.45. The summed E-state index contributed by atoms with van der Waals surface area (Å²) in [5, 5.41) is 0. The first-order chi connectivity index (χ1) is 6.02. The van der Waals surface area contributed by atoms with Crippen LogP contribution in [0, 0.1) is 6.92 Å². The molecule has 0 saturated carbocycles. The molecular formula is C9H10O3S. The maximum atomic E-state index is 11.1. The number of carbonyl (C=O) groups is 1. The van der Waals surface area contributed by atoms with Gasteiger partial charge in [0.25, 0.3) is 0 Å². The lowest BCUT2D eigenvalue weighted by Crippen LogP contribution is -1.98. The molecule has 0 heterocycles. The summed E-state index contributed by atoms with van der Waals surface area (Å²) in [7, 11) is 0. The Morgan fingerprint density at radius 2 is 2.08 bits per heavy atom. The minimum Gasteiger partial charge on any atom is -0.302 e. The van der Waals surface area contributed by atoms with Gasteiger partial charge in [0.15, 0.2) is 16.9 Å². The molecule has 1 N–H and O–H groups in total. The van der Waals surface area contributed by atoms with Crippen molar-refractivity contribution in [1.29, 1.82) is 0 Å². The zero-order chi connectivity index (χ0) is 10.0. The molecule has 0 aliphatic carbocycles. The molecule has 1 aromatic carbocycles. The van der Waals surface area contributed by atoms with Gasteiger partial charge >= 0.3 is 0 Å². The molecule has 0 aromatic heterocycles. The zero-order valence-electron chi connectivity index (χ0n) is 7.40. The van der Waals surface area contributed by atoms with Crippen LogP contribution in [0.15, 0.2) is 23.1 Å². The van der Waals surface area contributed by atoms with Crippen LogP contribution in [0.5, 0.6) is 0 Å². The van der Waals surface area contributed by atoms with E-state index in [9.17, 15) is 9.00 Å². The topological polar surface area (TPSA) is 54.4 Å². The molecule has 0 radical (unpaired) electrons. The number of Topliss-reactive ketones (excluding diaryl/α,β-unsaturated/α-hetero) is 1. The number of aryl methyl sites for hydroxylation is 1. The number of ketones is 1. The highest BCUT2D eigenvalue weighted by Crippen LogP contribution is 2.13. The Balaban J connectivity index is 3.27. The van der Waals surface area contributed by atoms with Gasteiger partial charge in [-0.05, 0) is 31.5 Å². The Labute approximate surface area is 79.1 Å². The van der Waals surface area contributed by atoms with Crippen LogP contribution >= 0.6 is 0 Å². The zero-order valence-corrected chi connectivity index (χ0v) is 8.22. The highest BCUT2D eigenvalue weighted by Gasteiger charge is 2.07. The Hall–Kier alpha value is -1.00. The molecule has 0 spiro atoms. The van der Waals surface area contributed by atoms with Crippen molar-refractivity contribution in [2.45, 2.75) is 18.7 Å². The summed E-state index contributed by atoms with van der Waals surface area (Å²) in [6.07, 6.45) is 0. The average Bonchev–Trinajstić information content (AvgIpc) is 2.04. The van der Waals surface area contributed by atoms with Crippen molar-refractivity contribution in [2.24, 2.45) is 0 Å². The van der Waals surface area contributed by atoms with E-state index in [1.54, 1.807) is 13.0 Å². The van der Waals surface area contributed by atoms with Crippen LogP contribution in [-0.4, -0.2) is 14.5 Å². The van der Waals surface area contributed by atoms with E-state index >= 15 is 0 Å². The van der Waals surface area contributed by atoms with Gasteiger partial charge in [-0.25, -0.2) is 4.21 Å². The molecule has 0 amide bonds. The SMILES string of the molecule is CC(=O)c1cc(S(=O)O)ccc1C. The lowest BCUT2D eigenvalue weighted by Gasteiger charge is -2.02. The number of hydrogen-bond acceptors (Lipinski definition) is 2. The van der Waals surface area contributed by atoms with Crippen molar-refractivity contribution in [2.75, 3.05) is 0 Å². The highest BCUT2D eigenvalue weighted by atomic mass is 32.2. The number of rotatable bonds is 2. The summed E-state index contributed by atoms with van der Waals surface area (Å²) in [5.41, 5.74) is 1.32. The molecule has 70 valence electrons. The first kappa shape index (κ1) is 10.1. The minimum atomic E-state index is -2.02. The maximum Gasteiger partial charge on any atom is 0.186 e. The molecule has 0 aliphatic heterocycles. The first-order valence-electron chi connectivity index (χ1n) is 3.75. The van der Waals surface area contributed by atoms with E-state index in [0.717, 1.165) is 5.56 Å².